The van der Waals surface area contributed by atoms with Gasteiger partial charge in [0.1, 0.15) is 0 Å². The highest BCUT2D eigenvalue weighted by molar-refractivity contribution is 9.10. The number of rotatable bonds is 10. The molecule has 1 aliphatic heterocycles. The average Bonchev–Trinajstić information content (AvgIpc) is 3.25. The number of esters is 1. The summed E-state index contributed by atoms with van der Waals surface area (Å²) in [6.07, 6.45) is 1.29. The van der Waals surface area contributed by atoms with Crippen LogP contribution in [0.4, 0.5) is 5.69 Å². The van der Waals surface area contributed by atoms with Crippen LogP contribution < -0.4 is 14.4 Å². The van der Waals surface area contributed by atoms with Crippen molar-refractivity contribution in [3.8, 4) is 16.2 Å². The van der Waals surface area contributed by atoms with E-state index in [0.29, 0.717) is 57.1 Å². The number of carbonyl (C=O) groups is 2. The summed E-state index contributed by atoms with van der Waals surface area (Å²) in [7, 11) is -2.58. The number of carbonyl (C=O) groups excluding carboxylic acids is 1. The number of anilines is 1. The maximum absolute atomic E-state index is 13.9. The van der Waals surface area contributed by atoms with Crippen molar-refractivity contribution >= 4 is 66.5 Å². The Morgan fingerprint density at radius 3 is 2.51 bits per heavy atom. The van der Waals surface area contributed by atoms with Gasteiger partial charge in [0.15, 0.2) is 17.2 Å². The molecule has 2 N–H and O–H groups in total. The van der Waals surface area contributed by atoms with Gasteiger partial charge in [-0.05, 0) is 77.3 Å². The van der Waals surface area contributed by atoms with Crippen LogP contribution in [0.15, 0.2) is 53.0 Å². The summed E-state index contributed by atoms with van der Waals surface area (Å²) in [6, 6.07) is 13.5. The molecule has 4 rings (SSSR count). The first-order valence-corrected chi connectivity index (χ1v) is 15.5. The molecule has 208 valence electrons. The first-order valence-electron chi connectivity index (χ1n) is 11.9. The van der Waals surface area contributed by atoms with Gasteiger partial charge in [0.2, 0.25) is 10.0 Å². The number of ether oxygens (including phenoxy) is 2. The fourth-order valence-corrected chi connectivity index (χ4v) is 8.30. The van der Waals surface area contributed by atoms with E-state index in [2.05, 4.69) is 21.2 Å². The largest absolute Gasteiger partial charge is 0.479 e. The second-order valence-corrected chi connectivity index (χ2v) is 12.9. The smallest absolute Gasteiger partial charge is 0.351 e. The fraction of sp³-hybridized carbons (Fsp3) is 0.308. The van der Waals surface area contributed by atoms with Crippen LogP contribution in [-0.4, -0.2) is 58.3 Å². The molecule has 1 fully saturated rings. The molecule has 0 radical (unpaired) electrons. The van der Waals surface area contributed by atoms with Crippen LogP contribution in [-0.2, 0) is 25.3 Å². The number of nitrogens with zero attached hydrogens (tertiary/aromatic N) is 1. The van der Waals surface area contributed by atoms with Crippen molar-refractivity contribution in [3.63, 3.8) is 0 Å². The molecular weight excluding hydrogens is 632 g/mol. The third-order valence-electron chi connectivity index (χ3n) is 6.08. The minimum absolute atomic E-state index is 0.0558. The van der Waals surface area contributed by atoms with E-state index in [0.717, 1.165) is 11.3 Å². The number of nitrogens with one attached hydrogen (secondary N) is 1. The molecule has 0 spiro atoms. The Morgan fingerprint density at radius 2 is 1.87 bits per heavy atom. The number of methoxy groups -OCH3 is 1. The SMILES string of the molecule is COC(=O)c1sc(-c2cccc(N(C3CCNCC3)S(=O)(=O)Cc3ccc(Cl)cc3)c2)c(Br)c1OCC(=O)O. The van der Waals surface area contributed by atoms with Crippen LogP contribution >= 0.6 is 38.9 Å². The number of halogens is 2. The van der Waals surface area contributed by atoms with E-state index in [9.17, 15) is 18.0 Å². The quantitative estimate of drug-likeness (QED) is 0.287. The minimum Gasteiger partial charge on any atom is -0.479 e. The van der Waals surface area contributed by atoms with Gasteiger partial charge in [-0.1, -0.05) is 35.9 Å². The number of hydrogen-bond acceptors (Lipinski definition) is 8. The van der Waals surface area contributed by atoms with Crippen molar-refractivity contribution in [3.05, 3.63) is 68.5 Å². The fourth-order valence-electron chi connectivity index (χ4n) is 4.36. The van der Waals surface area contributed by atoms with Crippen molar-refractivity contribution in [1.29, 1.82) is 0 Å². The van der Waals surface area contributed by atoms with Gasteiger partial charge in [0.05, 0.1) is 27.9 Å². The Hall–Kier alpha value is -2.64. The van der Waals surface area contributed by atoms with Crippen molar-refractivity contribution in [1.82, 2.24) is 5.32 Å². The molecule has 2 aromatic carbocycles. The van der Waals surface area contributed by atoms with Gasteiger partial charge in [0, 0.05) is 11.1 Å². The molecule has 0 unspecified atom stereocenters. The summed E-state index contributed by atoms with van der Waals surface area (Å²) in [4.78, 5) is 24.2. The van der Waals surface area contributed by atoms with Crippen molar-refractivity contribution in [2.75, 3.05) is 31.1 Å². The number of piperidine rings is 1. The maximum atomic E-state index is 13.9. The Bertz CT molecular complexity index is 1460. The van der Waals surface area contributed by atoms with E-state index in [1.165, 1.54) is 11.4 Å². The average molecular weight is 658 g/mol. The summed E-state index contributed by atoms with van der Waals surface area (Å²) in [5.74, 6) is -2.01. The van der Waals surface area contributed by atoms with Gasteiger partial charge < -0.3 is 19.9 Å². The lowest BCUT2D eigenvalue weighted by molar-refractivity contribution is -0.139. The van der Waals surface area contributed by atoms with E-state index < -0.39 is 28.6 Å². The summed E-state index contributed by atoms with van der Waals surface area (Å²) in [5, 5.41) is 12.9. The Morgan fingerprint density at radius 1 is 1.18 bits per heavy atom. The highest BCUT2D eigenvalue weighted by atomic mass is 79.9. The lowest BCUT2D eigenvalue weighted by atomic mass is 10.1. The van der Waals surface area contributed by atoms with Gasteiger partial charge >= 0.3 is 11.9 Å². The van der Waals surface area contributed by atoms with Crippen LogP contribution in [0.3, 0.4) is 0 Å². The third kappa shape index (κ3) is 6.93. The lowest BCUT2D eigenvalue weighted by Crippen LogP contribution is -2.46. The van der Waals surface area contributed by atoms with Crippen LogP contribution in [0, 0.1) is 0 Å². The first-order chi connectivity index (χ1) is 18.6. The van der Waals surface area contributed by atoms with Crippen LogP contribution in [0.5, 0.6) is 5.75 Å². The minimum atomic E-state index is -3.80. The molecule has 0 bridgehead atoms. The molecule has 0 amide bonds. The molecule has 0 saturated carbocycles. The summed E-state index contributed by atoms with van der Waals surface area (Å²) in [5.41, 5.74) is 1.74. The summed E-state index contributed by atoms with van der Waals surface area (Å²) in [6.45, 7) is 0.742. The van der Waals surface area contributed by atoms with Gasteiger partial charge in [-0.3, -0.25) is 4.31 Å². The number of benzene rings is 2. The van der Waals surface area contributed by atoms with Crippen molar-refractivity contribution in [2.45, 2.75) is 24.6 Å². The molecule has 9 nitrogen and oxygen atoms in total. The first kappa shape index (κ1) is 29.3. The number of thiophene rings is 1. The molecule has 1 saturated heterocycles. The van der Waals surface area contributed by atoms with E-state index in [-0.39, 0.29) is 22.4 Å². The molecule has 1 aromatic heterocycles. The van der Waals surface area contributed by atoms with E-state index in [4.69, 9.17) is 26.2 Å². The summed E-state index contributed by atoms with van der Waals surface area (Å²) >= 11 is 10.5. The Labute approximate surface area is 243 Å². The number of aliphatic carboxylic acids is 1. The zero-order chi connectivity index (χ0) is 28.2. The van der Waals surface area contributed by atoms with E-state index in [1.54, 1.807) is 48.5 Å². The Balaban J connectivity index is 1.76. The molecule has 0 aliphatic carbocycles. The Kier molecular flexibility index (Phi) is 9.55. The molecule has 13 heteroatoms. The molecule has 3 aromatic rings. The zero-order valence-electron chi connectivity index (χ0n) is 20.9. The third-order valence-corrected chi connectivity index (χ3v) is 10.4. The number of carboxylic acids is 1. The van der Waals surface area contributed by atoms with Crippen LogP contribution in [0.1, 0.15) is 28.1 Å². The number of sulfonamides is 1. The molecule has 0 atom stereocenters. The summed E-state index contributed by atoms with van der Waals surface area (Å²) < 4.78 is 39.9. The van der Waals surface area contributed by atoms with Gasteiger partial charge in [0.25, 0.3) is 0 Å². The monoisotopic (exact) mass is 656 g/mol. The van der Waals surface area contributed by atoms with Gasteiger partial charge in [-0.25, -0.2) is 18.0 Å². The predicted molar refractivity (Wildman–Crippen MR) is 154 cm³/mol. The van der Waals surface area contributed by atoms with E-state index in [1.807, 2.05) is 0 Å². The van der Waals surface area contributed by atoms with Crippen molar-refractivity contribution in [2.24, 2.45) is 0 Å². The highest BCUT2D eigenvalue weighted by Crippen LogP contribution is 2.46. The number of hydrogen-bond donors (Lipinski definition) is 2. The van der Waals surface area contributed by atoms with E-state index >= 15 is 0 Å². The van der Waals surface area contributed by atoms with Crippen LogP contribution in [0.2, 0.25) is 5.02 Å². The lowest BCUT2D eigenvalue weighted by Gasteiger charge is -2.35. The highest BCUT2D eigenvalue weighted by Gasteiger charge is 2.32. The normalized spacial score (nSPS) is 14.1. The zero-order valence-corrected chi connectivity index (χ0v) is 24.8. The van der Waals surface area contributed by atoms with Crippen LogP contribution in [0.25, 0.3) is 10.4 Å². The van der Waals surface area contributed by atoms with Gasteiger partial charge in [-0.15, -0.1) is 11.3 Å². The number of carboxylic acid groups (broad SMARTS) is 1. The van der Waals surface area contributed by atoms with Gasteiger partial charge in [-0.2, -0.15) is 0 Å². The molecule has 2 heterocycles. The molecule has 1 aliphatic rings. The molecule has 39 heavy (non-hydrogen) atoms. The topological polar surface area (TPSA) is 122 Å². The second-order valence-electron chi connectivity index (χ2n) is 8.79. The second kappa shape index (κ2) is 12.7. The maximum Gasteiger partial charge on any atom is 0.351 e. The molecular formula is C26H26BrClN2O7S2. The van der Waals surface area contributed by atoms with Crippen molar-refractivity contribution < 1.29 is 32.6 Å². The standard InChI is InChI=1S/C26H26BrClN2O7S2/c1-36-26(33)25-23(37-14-21(31)32)22(27)24(38-25)17-3-2-4-20(13-17)30(19-9-11-29-12-10-19)39(34,35)15-16-5-7-18(28)8-6-16/h2-8,13,19,29H,9-12,14-15H2,1H3,(H,31,32). The predicted octanol–water partition coefficient (Wildman–Crippen LogP) is 5.17.